The zero-order chi connectivity index (χ0) is 13.2. The smallest absolute Gasteiger partial charge is 0.243 e. The Morgan fingerprint density at radius 3 is 2.53 bits per heavy atom. The first-order valence-electron chi connectivity index (χ1n) is 5.78. The van der Waals surface area contributed by atoms with Crippen LogP contribution in [0.25, 0.3) is 0 Å². The van der Waals surface area contributed by atoms with E-state index in [-0.39, 0.29) is 23.3 Å². The zero-order valence-corrected chi connectivity index (χ0v) is 12.2. The van der Waals surface area contributed by atoms with Crippen LogP contribution in [-0.2, 0) is 10.0 Å². The second-order valence-electron chi connectivity index (χ2n) is 4.35. The van der Waals surface area contributed by atoms with E-state index in [1.807, 2.05) is 13.0 Å². The molecule has 2 rings (SSSR count). The number of nitrogens with zero attached hydrogens (tertiary/aromatic N) is 2. The number of piperazine rings is 1. The third-order valence-electron chi connectivity index (χ3n) is 2.95. The number of nitrogens with one attached hydrogen (secondary N) is 1. The Morgan fingerprint density at radius 1 is 1.37 bits per heavy atom. The molecule has 0 aliphatic carbocycles. The van der Waals surface area contributed by atoms with Crippen molar-refractivity contribution in [1.29, 1.82) is 5.26 Å². The summed E-state index contributed by atoms with van der Waals surface area (Å²) in [5.74, 6) is 0. The second kappa shape index (κ2) is 6.35. The molecule has 0 radical (unpaired) electrons. The van der Waals surface area contributed by atoms with Gasteiger partial charge in [0.1, 0.15) is 0 Å². The molecule has 1 unspecified atom stereocenters. The van der Waals surface area contributed by atoms with Crippen LogP contribution in [0.4, 0.5) is 0 Å². The molecule has 19 heavy (non-hydrogen) atoms. The van der Waals surface area contributed by atoms with Crippen molar-refractivity contribution in [3.05, 3.63) is 29.8 Å². The molecule has 1 heterocycles. The van der Waals surface area contributed by atoms with E-state index in [4.69, 9.17) is 5.26 Å². The van der Waals surface area contributed by atoms with Crippen LogP contribution < -0.4 is 5.32 Å². The van der Waals surface area contributed by atoms with Crippen molar-refractivity contribution in [1.82, 2.24) is 9.62 Å². The van der Waals surface area contributed by atoms with E-state index in [1.54, 1.807) is 0 Å². The molecule has 0 amide bonds. The molecule has 104 valence electrons. The third-order valence-corrected chi connectivity index (χ3v) is 4.83. The lowest BCUT2D eigenvalue weighted by molar-refractivity contribution is 0.310. The summed E-state index contributed by atoms with van der Waals surface area (Å²) in [7, 11) is -3.44. The van der Waals surface area contributed by atoms with Crippen LogP contribution >= 0.6 is 12.4 Å². The fourth-order valence-corrected chi connectivity index (χ4v) is 3.50. The Balaban J connectivity index is 0.00000180. The molecule has 0 saturated carbocycles. The molecular weight excluding hydrogens is 286 g/mol. The first-order valence-corrected chi connectivity index (χ1v) is 7.22. The van der Waals surface area contributed by atoms with Crippen LogP contribution in [-0.4, -0.2) is 38.4 Å². The molecule has 1 aliphatic heterocycles. The number of halogens is 1. The highest BCUT2D eigenvalue weighted by Gasteiger charge is 2.28. The topological polar surface area (TPSA) is 73.2 Å². The number of sulfonamides is 1. The Labute approximate surface area is 119 Å². The summed E-state index contributed by atoms with van der Waals surface area (Å²) in [6.45, 7) is 3.58. The Hall–Kier alpha value is -1.13. The molecule has 1 saturated heterocycles. The van der Waals surface area contributed by atoms with Crippen molar-refractivity contribution in [2.24, 2.45) is 0 Å². The standard InChI is InChI=1S/C12H15N3O2S.ClH/c1-10-9-15(7-6-14-10)18(16,17)12-4-2-11(8-13)3-5-12;/h2-5,10,14H,6-7,9H2,1H3;1H. The Kier molecular flexibility index (Phi) is 5.32. The predicted molar refractivity (Wildman–Crippen MR) is 74.6 cm³/mol. The van der Waals surface area contributed by atoms with Gasteiger partial charge in [-0.25, -0.2) is 8.42 Å². The molecule has 1 atom stereocenters. The third kappa shape index (κ3) is 3.45. The van der Waals surface area contributed by atoms with Gasteiger partial charge in [0.05, 0.1) is 16.5 Å². The fourth-order valence-electron chi connectivity index (χ4n) is 1.97. The van der Waals surface area contributed by atoms with Crippen molar-refractivity contribution >= 4 is 22.4 Å². The van der Waals surface area contributed by atoms with E-state index in [9.17, 15) is 8.42 Å². The number of hydrogen-bond donors (Lipinski definition) is 1. The molecule has 1 aromatic carbocycles. The first kappa shape index (κ1) is 15.9. The largest absolute Gasteiger partial charge is 0.312 e. The van der Waals surface area contributed by atoms with E-state index in [0.29, 0.717) is 25.2 Å². The van der Waals surface area contributed by atoms with Gasteiger partial charge in [-0.3, -0.25) is 0 Å². The minimum atomic E-state index is -3.44. The first-order chi connectivity index (χ1) is 8.54. The van der Waals surface area contributed by atoms with Crippen LogP contribution in [0.15, 0.2) is 29.2 Å². The average Bonchev–Trinajstić information content (AvgIpc) is 2.39. The molecule has 0 spiro atoms. The second-order valence-corrected chi connectivity index (χ2v) is 6.29. The molecular formula is C12H16ClN3O2S. The van der Waals surface area contributed by atoms with Gasteiger partial charge in [-0.2, -0.15) is 9.57 Å². The molecule has 7 heteroatoms. The van der Waals surface area contributed by atoms with Crippen LogP contribution in [0, 0.1) is 11.3 Å². The number of hydrogen-bond acceptors (Lipinski definition) is 4. The quantitative estimate of drug-likeness (QED) is 0.883. The van der Waals surface area contributed by atoms with Gasteiger partial charge in [0.2, 0.25) is 10.0 Å². The lowest BCUT2D eigenvalue weighted by Gasteiger charge is -2.30. The minimum Gasteiger partial charge on any atom is -0.312 e. The van der Waals surface area contributed by atoms with Crippen molar-refractivity contribution in [3.63, 3.8) is 0 Å². The minimum absolute atomic E-state index is 0. The number of rotatable bonds is 2. The van der Waals surface area contributed by atoms with Crippen molar-refractivity contribution in [2.75, 3.05) is 19.6 Å². The Bertz CT molecular complexity index is 566. The highest BCUT2D eigenvalue weighted by Crippen LogP contribution is 2.17. The fraction of sp³-hybridized carbons (Fsp3) is 0.417. The van der Waals surface area contributed by atoms with E-state index >= 15 is 0 Å². The van der Waals surface area contributed by atoms with Gasteiger partial charge in [-0.15, -0.1) is 12.4 Å². The van der Waals surface area contributed by atoms with Crippen molar-refractivity contribution < 1.29 is 8.42 Å². The summed E-state index contributed by atoms with van der Waals surface area (Å²) in [6, 6.07) is 8.16. The summed E-state index contributed by atoms with van der Waals surface area (Å²) in [5, 5.41) is 11.9. The summed E-state index contributed by atoms with van der Waals surface area (Å²) < 4.78 is 26.2. The summed E-state index contributed by atoms with van der Waals surface area (Å²) >= 11 is 0. The van der Waals surface area contributed by atoms with E-state index in [1.165, 1.54) is 28.6 Å². The van der Waals surface area contributed by atoms with Crippen LogP contribution in [0.2, 0.25) is 0 Å². The summed E-state index contributed by atoms with van der Waals surface area (Å²) in [4.78, 5) is 0.246. The SMILES string of the molecule is CC1CN(S(=O)(=O)c2ccc(C#N)cc2)CCN1.Cl. The molecule has 1 N–H and O–H groups in total. The summed E-state index contributed by atoms with van der Waals surface area (Å²) in [5.41, 5.74) is 0.461. The normalized spacial score (nSPS) is 20.3. The molecule has 1 fully saturated rings. The number of benzene rings is 1. The van der Waals surface area contributed by atoms with Crippen LogP contribution in [0.3, 0.4) is 0 Å². The highest BCUT2D eigenvalue weighted by molar-refractivity contribution is 7.89. The zero-order valence-electron chi connectivity index (χ0n) is 10.5. The maximum Gasteiger partial charge on any atom is 0.243 e. The van der Waals surface area contributed by atoms with Gasteiger partial charge >= 0.3 is 0 Å². The Morgan fingerprint density at radius 2 is 2.00 bits per heavy atom. The van der Waals surface area contributed by atoms with Gasteiger partial charge < -0.3 is 5.32 Å². The van der Waals surface area contributed by atoms with E-state index in [2.05, 4.69) is 5.32 Å². The van der Waals surface area contributed by atoms with Gasteiger partial charge in [-0.05, 0) is 31.2 Å². The highest BCUT2D eigenvalue weighted by atomic mass is 35.5. The number of nitriles is 1. The maximum absolute atomic E-state index is 12.3. The molecule has 1 aromatic rings. The van der Waals surface area contributed by atoms with Gasteiger partial charge in [0.25, 0.3) is 0 Å². The van der Waals surface area contributed by atoms with E-state index < -0.39 is 10.0 Å². The predicted octanol–water partition coefficient (Wildman–Crippen LogP) is 0.962. The van der Waals surface area contributed by atoms with Crippen molar-refractivity contribution in [3.8, 4) is 6.07 Å². The average molecular weight is 302 g/mol. The molecule has 5 nitrogen and oxygen atoms in total. The van der Waals surface area contributed by atoms with Gasteiger partial charge in [0, 0.05) is 25.7 Å². The van der Waals surface area contributed by atoms with Gasteiger partial charge in [0.15, 0.2) is 0 Å². The molecule has 1 aliphatic rings. The van der Waals surface area contributed by atoms with Crippen LogP contribution in [0.5, 0.6) is 0 Å². The monoisotopic (exact) mass is 301 g/mol. The lowest BCUT2D eigenvalue weighted by atomic mass is 10.2. The van der Waals surface area contributed by atoms with Gasteiger partial charge in [-0.1, -0.05) is 0 Å². The maximum atomic E-state index is 12.3. The lowest BCUT2D eigenvalue weighted by Crippen LogP contribution is -2.51. The molecule has 0 bridgehead atoms. The van der Waals surface area contributed by atoms with Crippen molar-refractivity contribution in [2.45, 2.75) is 17.9 Å². The molecule has 0 aromatic heterocycles. The van der Waals surface area contributed by atoms with E-state index in [0.717, 1.165) is 0 Å². The van der Waals surface area contributed by atoms with Crippen LogP contribution in [0.1, 0.15) is 12.5 Å². The summed E-state index contributed by atoms with van der Waals surface area (Å²) in [6.07, 6.45) is 0.